The van der Waals surface area contributed by atoms with Gasteiger partial charge in [-0.3, -0.25) is 9.59 Å². The molecule has 0 bridgehead atoms. The molecule has 0 unspecified atom stereocenters. The highest BCUT2D eigenvalue weighted by Crippen LogP contribution is 2.57. The van der Waals surface area contributed by atoms with Crippen LogP contribution in [0.25, 0.3) is 0 Å². The summed E-state index contributed by atoms with van der Waals surface area (Å²) in [6.07, 6.45) is 3.18. The predicted octanol–water partition coefficient (Wildman–Crippen LogP) is 5.72. The number of carbonyl (C=O) groups is 2. The molecule has 0 heterocycles. The van der Waals surface area contributed by atoms with Crippen molar-refractivity contribution < 1.29 is 9.59 Å². The van der Waals surface area contributed by atoms with E-state index in [0.717, 1.165) is 19.3 Å². The fraction of sp³-hybridized carbons (Fsp3) is 0.333. The van der Waals surface area contributed by atoms with Crippen molar-refractivity contribution in [1.29, 1.82) is 0 Å². The van der Waals surface area contributed by atoms with Gasteiger partial charge in [-0.25, -0.2) is 0 Å². The van der Waals surface area contributed by atoms with E-state index in [1.54, 1.807) is 48.5 Å². The maximum Gasteiger partial charge on any atom is 0.166 e. The molecule has 2 aromatic carbocycles. The van der Waals surface area contributed by atoms with Gasteiger partial charge in [-0.15, -0.1) is 0 Å². The summed E-state index contributed by atoms with van der Waals surface area (Å²) in [6.45, 7) is 0. The zero-order valence-electron chi connectivity index (χ0n) is 13.6. The van der Waals surface area contributed by atoms with Gasteiger partial charge in [0.25, 0.3) is 0 Å². The van der Waals surface area contributed by atoms with E-state index in [2.05, 4.69) is 0 Å². The molecule has 4 heteroatoms. The van der Waals surface area contributed by atoms with Crippen LogP contribution in [-0.2, 0) is 0 Å². The van der Waals surface area contributed by atoms with Gasteiger partial charge in [-0.1, -0.05) is 29.6 Å². The molecule has 0 spiro atoms. The van der Waals surface area contributed by atoms with Crippen molar-refractivity contribution in [3.8, 4) is 0 Å². The lowest BCUT2D eigenvalue weighted by Gasteiger charge is -2.47. The Hall–Kier alpha value is -1.64. The van der Waals surface area contributed by atoms with E-state index in [1.165, 1.54) is 0 Å². The van der Waals surface area contributed by atoms with E-state index in [-0.39, 0.29) is 23.4 Å². The molecule has 0 N–H and O–H groups in total. The van der Waals surface area contributed by atoms with Gasteiger partial charge in [-0.2, -0.15) is 0 Å². The Labute approximate surface area is 157 Å². The van der Waals surface area contributed by atoms with Gasteiger partial charge in [0.15, 0.2) is 11.6 Å². The maximum atomic E-state index is 13.1. The summed E-state index contributed by atoms with van der Waals surface area (Å²) >= 11 is 11.9. The minimum Gasteiger partial charge on any atom is -0.294 e. The van der Waals surface area contributed by atoms with Crippen molar-refractivity contribution in [2.75, 3.05) is 0 Å². The summed E-state index contributed by atoms with van der Waals surface area (Å²) in [5, 5.41) is 1.22. The molecule has 4 rings (SSSR count). The highest BCUT2D eigenvalue weighted by Gasteiger charge is 2.58. The molecule has 0 aliphatic heterocycles. The quantitative estimate of drug-likeness (QED) is 0.642. The zero-order valence-corrected chi connectivity index (χ0v) is 15.1. The third kappa shape index (κ3) is 2.92. The lowest BCUT2D eigenvalue weighted by atomic mass is 9.54. The number of halogens is 2. The predicted molar refractivity (Wildman–Crippen MR) is 99.4 cm³/mol. The average molecular weight is 373 g/mol. The Balaban J connectivity index is 1.63. The summed E-state index contributed by atoms with van der Waals surface area (Å²) in [5.74, 6) is 0.404. The molecule has 2 aliphatic carbocycles. The van der Waals surface area contributed by atoms with Crippen LogP contribution < -0.4 is 0 Å². The first-order chi connectivity index (χ1) is 12.1. The van der Waals surface area contributed by atoms with Crippen LogP contribution in [0.5, 0.6) is 0 Å². The second kappa shape index (κ2) is 6.59. The molecule has 2 nitrogen and oxygen atoms in total. The lowest BCUT2D eigenvalue weighted by molar-refractivity contribution is 0.0130. The number of hydrogen-bond acceptors (Lipinski definition) is 2. The minimum atomic E-state index is -0.211. The van der Waals surface area contributed by atoms with Gasteiger partial charge in [0.2, 0.25) is 0 Å². The van der Waals surface area contributed by atoms with Crippen molar-refractivity contribution in [3.05, 3.63) is 69.7 Å². The van der Waals surface area contributed by atoms with Gasteiger partial charge in [0.1, 0.15) is 0 Å². The van der Waals surface area contributed by atoms with Crippen LogP contribution in [0.1, 0.15) is 40.0 Å². The van der Waals surface area contributed by atoms with Crippen molar-refractivity contribution in [1.82, 2.24) is 0 Å². The summed E-state index contributed by atoms with van der Waals surface area (Å²) in [5.41, 5.74) is 1.29. The fourth-order valence-electron chi connectivity index (χ4n) is 4.62. The second-order valence-corrected chi connectivity index (χ2v) is 7.93. The summed E-state index contributed by atoms with van der Waals surface area (Å²) in [4.78, 5) is 26.1. The van der Waals surface area contributed by atoms with Gasteiger partial charge < -0.3 is 0 Å². The van der Waals surface area contributed by atoms with E-state index >= 15 is 0 Å². The first kappa shape index (κ1) is 16.8. The third-order valence-electron chi connectivity index (χ3n) is 5.80. The van der Waals surface area contributed by atoms with Crippen LogP contribution in [0, 0.1) is 23.7 Å². The number of fused-ring (bicyclic) bond motifs is 1. The Kier molecular flexibility index (Phi) is 4.43. The van der Waals surface area contributed by atoms with Crippen molar-refractivity contribution in [2.24, 2.45) is 23.7 Å². The monoisotopic (exact) mass is 372 g/mol. The van der Waals surface area contributed by atoms with E-state index in [1.807, 2.05) is 0 Å². The topological polar surface area (TPSA) is 34.1 Å². The normalized spacial score (nSPS) is 27.4. The largest absolute Gasteiger partial charge is 0.294 e. The molecule has 2 aromatic rings. The number of hydrogen-bond donors (Lipinski definition) is 0. The maximum absolute atomic E-state index is 13.1. The van der Waals surface area contributed by atoms with Gasteiger partial charge in [0, 0.05) is 33.0 Å². The molecular formula is C21H18Cl2O2. The zero-order chi connectivity index (χ0) is 17.6. The van der Waals surface area contributed by atoms with Crippen LogP contribution in [-0.4, -0.2) is 11.6 Å². The molecule has 128 valence electrons. The van der Waals surface area contributed by atoms with Crippen LogP contribution in [0.4, 0.5) is 0 Å². The van der Waals surface area contributed by atoms with Crippen LogP contribution in [0.2, 0.25) is 10.0 Å². The summed E-state index contributed by atoms with van der Waals surface area (Å²) in [6, 6.07) is 14.0. The van der Waals surface area contributed by atoms with Gasteiger partial charge in [0.05, 0.1) is 0 Å². The molecule has 0 aromatic heterocycles. The molecule has 0 saturated heterocycles. The fourth-order valence-corrected chi connectivity index (χ4v) is 4.88. The Morgan fingerprint density at radius 3 is 1.40 bits per heavy atom. The van der Waals surface area contributed by atoms with Gasteiger partial charge >= 0.3 is 0 Å². The third-order valence-corrected chi connectivity index (χ3v) is 6.30. The lowest BCUT2D eigenvalue weighted by Crippen LogP contribution is -2.51. The number of benzene rings is 2. The molecular weight excluding hydrogens is 355 g/mol. The SMILES string of the molecule is O=C(c1ccc(Cl)cc1)[C@@H]1[C@H]2CCC[C@H]2[C@@H]1C(=O)c1ccc(Cl)cc1. The Bertz CT molecular complexity index is 741. The van der Waals surface area contributed by atoms with Gasteiger partial charge in [-0.05, 0) is 73.2 Å². The number of ketones is 2. The Morgan fingerprint density at radius 2 is 1.04 bits per heavy atom. The average Bonchev–Trinajstić information content (AvgIpc) is 2.99. The molecule has 25 heavy (non-hydrogen) atoms. The van der Waals surface area contributed by atoms with E-state index in [4.69, 9.17) is 23.2 Å². The second-order valence-electron chi connectivity index (χ2n) is 7.05. The highest BCUT2D eigenvalue weighted by atomic mass is 35.5. The smallest absolute Gasteiger partial charge is 0.166 e. The molecule has 2 saturated carbocycles. The first-order valence-corrected chi connectivity index (χ1v) is 9.41. The highest BCUT2D eigenvalue weighted by molar-refractivity contribution is 6.31. The molecule has 2 fully saturated rings. The number of Topliss-reactive ketones (excluding diaryl/α,β-unsaturated/α-hetero) is 2. The van der Waals surface area contributed by atoms with Crippen LogP contribution in [0.15, 0.2) is 48.5 Å². The first-order valence-electron chi connectivity index (χ1n) is 8.66. The van der Waals surface area contributed by atoms with E-state index in [9.17, 15) is 9.59 Å². The van der Waals surface area contributed by atoms with E-state index < -0.39 is 0 Å². The van der Waals surface area contributed by atoms with Crippen LogP contribution >= 0.6 is 23.2 Å². The van der Waals surface area contributed by atoms with Crippen molar-refractivity contribution >= 4 is 34.8 Å². The summed E-state index contributed by atoms with van der Waals surface area (Å²) < 4.78 is 0. The summed E-state index contributed by atoms with van der Waals surface area (Å²) in [7, 11) is 0. The number of carbonyl (C=O) groups excluding carboxylic acids is 2. The minimum absolute atomic E-state index is 0.0760. The molecule has 0 amide bonds. The Morgan fingerprint density at radius 1 is 0.680 bits per heavy atom. The molecule has 2 aliphatic rings. The van der Waals surface area contributed by atoms with Crippen molar-refractivity contribution in [3.63, 3.8) is 0 Å². The van der Waals surface area contributed by atoms with E-state index in [0.29, 0.717) is 33.0 Å². The van der Waals surface area contributed by atoms with Crippen LogP contribution in [0.3, 0.4) is 0 Å². The van der Waals surface area contributed by atoms with Crippen molar-refractivity contribution in [2.45, 2.75) is 19.3 Å². The molecule has 0 radical (unpaired) electrons. The molecule has 4 atom stereocenters. The standard InChI is InChI=1S/C21H18Cl2O2/c22-14-8-4-12(5-9-14)20(24)18-16-2-1-3-17(16)19(18)21(25)13-6-10-15(23)11-7-13/h4-11,16-19H,1-3H2/t16-,17+,18+,19-. The number of rotatable bonds is 4.